The van der Waals surface area contributed by atoms with Gasteiger partial charge in [-0.2, -0.15) is 0 Å². The average molecular weight is 399 g/mol. The van der Waals surface area contributed by atoms with Crippen molar-refractivity contribution in [2.24, 2.45) is 5.92 Å². The van der Waals surface area contributed by atoms with Crippen LogP contribution in [0, 0.1) is 5.92 Å². The van der Waals surface area contributed by atoms with Crippen molar-refractivity contribution in [3.05, 3.63) is 51.0 Å². The van der Waals surface area contributed by atoms with Gasteiger partial charge in [0.2, 0.25) is 0 Å². The van der Waals surface area contributed by atoms with E-state index in [1.807, 2.05) is 6.20 Å². The van der Waals surface area contributed by atoms with Crippen LogP contribution in [-0.2, 0) is 25.9 Å². The third-order valence-electron chi connectivity index (χ3n) is 6.05. The van der Waals surface area contributed by atoms with E-state index in [2.05, 4.69) is 51.9 Å². The van der Waals surface area contributed by atoms with Crippen molar-refractivity contribution in [3.8, 4) is 0 Å². The smallest absolute Gasteiger partial charge is 0.252 e. The third-order valence-corrected chi connectivity index (χ3v) is 7.07. The van der Waals surface area contributed by atoms with Crippen molar-refractivity contribution < 1.29 is 4.79 Å². The number of carbonyl (C=O) groups is 1. The number of hydrogen-bond acceptors (Lipinski definition) is 5. The molecule has 0 bridgehead atoms. The van der Waals surface area contributed by atoms with E-state index in [1.165, 1.54) is 16.0 Å². The molecule has 0 aromatic carbocycles. The number of aryl methyl sites for hydroxylation is 1. The molecule has 0 saturated carbocycles. The van der Waals surface area contributed by atoms with Gasteiger partial charge >= 0.3 is 0 Å². The fourth-order valence-corrected chi connectivity index (χ4v) is 5.29. The van der Waals surface area contributed by atoms with Crippen LogP contribution in [-0.4, -0.2) is 41.5 Å². The first-order valence-corrected chi connectivity index (χ1v) is 11.3. The van der Waals surface area contributed by atoms with Crippen LogP contribution in [0.15, 0.2) is 23.7 Å². The number of amides is 1. The Hall–Kier alpha value is -1.76. The zero-order chi connectivity index (χ0) is 19.5. The summed E-state index contributed by atoms with van der Waals surface area (Å²) in [6.45, 7) is 9.08. The molecule has 4 rings (SSSR count). The highest BCUT2D eigenvalue weighted by Gasteiger charge is 2.27. The number of carbonyl (C=O) groups excluding carboxylic acids is 1. The monoisotopic (exact) mass is 398 g/mol. The molecule has 4 heterocycles. The van der Waals surface area contributed by atoms with Crippen LogP contribution in [0.3, 0.4) is 0 Å². The third kappa shape index (κ3) is 4.29. The van der Waals surface area contributed by atoms with Gasteiger partial charge in [-0.25, -0.2) is 0 Å². The minimum atomic E-state index is 0.113. The number of nitrogens with zero attached hydrogens (tertiary/aromatic N) is 2. The molecule has 0 radical (unpaired) electrons. The standard InChI is InChI=1S/C22H30N4OS/c1-3-16-4-5-17(24-11-16)12-26-9-7-18-19(14-28-21(18)13-26)22(27)25-20-6-8-23-10-15(20)2/h4-5,11,14-15,20,23H,3,6-10,12-13H2,1-2H3,(H,25,27)/t15-,20+/m0/s1. The summed E-state index contributed by atoms with van der Waals surface area (Å²) < 4.78 is 0. The molecule has 0 spiro atoms. The quantitative estimate of drug-likeness (QED) is 0.813. The van der Waals surface area contributed by atoms with Crippen LogP contribution >= 0.6 is 11.3 Å². The average Bonchev–Trinajstić information content (AvgIpc) is 3.14. The second-order valence-electron chi connectivity index (χ2n) is 8.07. The molecule has 2 aliphatic rings. The summed E-state index contributed by atoms with van der Waals surface area (Å²) in [6.07, 6.45) is 4.96. The van der Waals surface area contributed by atoms with E-state index in [1.54, 1.807) is 11.3 Å². The molecule has 1 fully saturated rings. The number of hydrogen-bond donors (Lipinski definition) is 2. The van der Waals surface area contributed by atoms with Gasteiger partial charge in [-0.1, -0.05) is 19.9 Å². The largest absolute Gasteiger partial charge is 0.349 e. The zero-order valence-corrected chi connectivity index (χ0v) is 17.6. The Morgan fingerprint density at radius 1 is 1.43 bits per heavy atom. The highest BCUT2D eigenvalue weighted by molar-refractivity contribution is 7.10. The van der Waals surface area contributed by atoms with Gasteiger partial charge < -0.3 is 10.6 Å². The van der Waals surface area contributed by atoms with Crippen LogP contribution < -0.4 is 10.6 Å². The van der Waals surface area contributed by atoms with Gasteiger partial charge in [-0.05, 0) is 55.5 Å². The van der Waals surface area contributed by atoms with E-state index in [9.17, 15) is 4.79 Å². The first-order chi connectivity index (χ1) is 13.6. The first kappa shape index (κ1) is 19.6. The lowest BCUT2D eigenvalue weighted by Crippen LogP contribution is -2.48. The van der Waals surface area contributed by atoms with Gasteiger partial charge in [0.05, 0.1) is 11.3 Å². The van der Waals surface area contributed by atoms with Crippen molar-refractivity contribution in [2.45, 2.75) is 52.2 Å². The Morgan fingerprint density at radius 2 is 2.32 bits per heavy atom. The minimum Gasteiger partial charge on any atom is -0.349 e. The molecular formula is C22H30N4OS. The van der Waals surface area contributed by atoms with Gasteiger partial charge in [0.15, 0.2) is 0 Å². The van der Waals surface area contributed by atoms with Crippen molar-refractivity contribution in [2.75, 3.05) is 19.6 Å². The van der Waals surface area contributed by atoms with Crippen LogP contribution in [0.4, 0.5) is 0 Å². The number of rotatable bonds is 5. The summed E-state index contributed by atoms with van der Waals surface area (Å²) in [5.41, 5.74) is 4.56. The van der Waals surface area contributed by atoms with E-state index in [-0.39, 0.29) is 11.9 Å². The molecule has 2 aromatic rings. The van der Waals surface area contributed by atoms with Crippen molar-refractivity contribution in [3.63, 3.8) is 0 Å². The molecule has 1 saturated heterocycles. The molecule has 2 N–H and O–H groups in total. The number of aromatic nitrogens is 1. The topological polar surface area (TPSA) is 57.3 Å². The highest BCUT2D eigenvalue weighted by atomic mass is 32.1. The second-order valence-corrected chi connectivity index (χ2v) is 9.04. The van der Waals surface area contributed by atoms with Gasteiger partial charge in [0.1, 0.15) is 0 Å². The lowest BCUT2D eigenvalue weighted by Gasteiger charge is -2.30. The highest BCUT2D eigenvalue weighted by Crippen LogP contribution is 2.29. The van der Waals surface area contributed by atoms with Gasteiger partial charge in [-0.3, -0.25) is 14.7 Å². The number of thiophene rings is 1. The summed E-state index contributed by atoms with van der Waals surface area (Å²) in [5.74, 6) is 0.593. The Morgan fingerprint density at radius 3 is 3.07 bits per heavy atom. The molecule has 150 valence electrons. The van der Waals surface area contributed by atoms with Gasteiger partial charge in [-0.15, -0.1) is 11.3 Å². The summed E-state index contributed by atoms with van der Waals surface area (Å²) in [4.78, 5) is 21.2. The Balaban J connectivity index is 1.39. The predicted octanol–water partition coefficient (Wildman–Crippen LogP) is 2.99. The maximum Gasteiger partial charge on any atom is 0.252 e. The van der Waals surface area contributed by atoms with Crippen LogP contribution in [0.1, 0.15) is 52.3 Å². The number of piperidine rings is 1. The van der Waals surface area contributed by atoms with Crippen LogP contribution in [0.5, 0.6) is 0 Å². The summed E-state index contributed by atoms with van der Waals surface area (Å²) in [5, 5.41) is 8.74. The predicted molar refractivity (Wildman–Crippen MR) is 114 cm³/mol. The summed E-state index contributed by atoms with van der Waals surface area (Å²) >= 11 is 1.73. The van der Waals surface area contributed by atoms with Crippen LogP contribution in [0.25, 0.3) is 0 Å². The molecule has 2 aromatic heterocycles. The van der Waals surface area contributed by atoms with E-state index in [0.717, 1.165) is 63.2 Å². The van der Waals surface area contributed by atoms with Crippen molar-refractivity contribution in [1.82, 2.24) is 20.5 Å². The fraction of sp³-hybridized carbons (Fsp3) is 0.545. The summed E-state index contributed by atoms with van der Waals surface area (Å²) in [6, 6.07) is 4.59. The molecule has 0 unspecified atom stereocenters. The van der Waals surface area contributed by atoms with E-state index in [4.69, 9.17) is 0 Å². The first-order valence-electron chi connectivity index (χ1n) is 10.4. The zero-order valence-electron chi connectivity index (χ0n) is 16.8. The van der Waals surface area contributed by atoms with Crippen molar-refractivity contribution >= 4 is 17.2 Å². The Bertz CT molecular complexity index is 816. The molecule has 2 atom stereocenters. The number of fused-ring (bicyclic) bond motifs is 1. The molecule has 0 aliphatic carbocycles. The van der Waals surface area contributed by atoms with E-state index in [0.29, 0.717) is 5.92 Å². The van der Waals surface area contributed by atoms with Crippen molar-refractivity contribution in [1.29, 1.82) is 0 Å². The lowest BCUT2D eigenvalue weighted by atomic mass is 9.94. The molecule has 1 amide bonds. The Labute approximate surface area is 171 Å². The molecule has 6 heteroatoms. The number of pyridine rings is 1. The summed E-state index contributed by atoms with van der Waals surface area (Å²) in [7, 11) is 0. The van der Waals surface area contributed by atoms with Crippen LogP contribution in [0.2, 0.25) is 0 Å². The fourth-order valence-electron chi connectivity index (χ4n) is 4.17. The molecule has 2 aliphatic heterocycles. The van der Waals surface area contributed by atoms with Gasteiger partial charge in [0, 0.05) is 42.1 Å². The minimum absolute atomic E-state index is 0.113. The second kappa shape index (κ2) is 8.72. The maximum absolute atomic E-state index is 12.9. The van der Waals surface area contributed by atoms with E-state index >= 15 is 0 Å². The number of nitrogens with one attached hydrogen (secondary N) is 2. The van der Waals surface area contributed by atoms with Gasteiger partial charge in [0.25, 0.3) is 5.91 Å². The molecular weight excluding hydrogens is 368 g/mol. The molecule has 28 heavy (non-hydrogen) atoms. The molecule has 5 nitrogen and oxygen atoms in total. The SMILES string of the molecule is CCc1ccc(CN2CCc3c(C(=O)N[C@@H]4CCNC[C@@H]4C)csc3C2)nc1. The van der Waals surface area contributed by atoms with E-state index < -0.39 is 0 Å². The normalized spacial score (nSPS) is 22.6. The maximum atomic E-state index is 12.9. The lowest BCUT2D eigenvalue weighted by molar-refractivity contribution is 0.0913. The Kier molecular flexibility index (Phi) is 6.09.